The van der Waals surface area contributed by atoms with E-state index in [9.17, 15) is 9.59 Å². The highest BCUT2D eigenvalue weighted by Crippen LogP contribution is 2.27. The maximum Gasteiger partial charge on any atom is 0.343 e. The van der Waals surface area contributed by atoms with Crippen molar-refractivity contribution in [2.24, 2.45) is 5.10 Å². The van der Waals surface area contributed by atoms with E-state index in [0.717, 1.165) is 29.8 Å². The van der Waals surface area contributed by atoms with Crippen molar-refractivity contribution in [2.75, 3.05) is 0 Å². The van der Waals surface area contributed by atoms with E-state index in [1.165, 1.54) is 6.21 Å². The predicted molar refractivity (Wildman–Crippen MR) is 144 cm³/mol. The molecule has 4 aromatic carbocycles. The molecule has 0 aliphatic carbocycles. The summed E-state index contributed by atoms with van der Waals surface area (Å²) in [6, 6.07) is 23.8. The molecule has 1 amide bonds. The lowest BCUT2D eigenvalue weighted by atomic mass is 10.0. The number of rotatable bonds is 6. The van der Waals surface area contributed by atoms with E-state index in [1.54, 1.807) is 42.5 Å². The molecular weight excluding hydrogens is 628 g/mol. The van der Waals surface area contributed by atoms with Crippen molar-refractivity contribution < 1.29 is 14.3 Å². The maximum absolute atomic E-state index is 12.5. The molecule has 5 nitrogen and oxygen atoms in total. The highest BCUT2D eigenvalue weighted by molar-refractivity contribution is 9.11. The van der Waals surface area contributed by atoms with Crippen molar-refractivity contribution in [2.45, 2.75) is 6.42 Å². The first-order valence-electron chi connectivity index (χ1n) is 10.2. The van der Waals surface area contributed by atoms with E-state index >= 15 is 0 Å². The number of fused-ring (bicyclic) bond motifs is 1. The summed E-state index contributed by atoms with van der Waals surface area (Å²) >= 11 is 10.3. The third kappa shape index (κ3) is 6.00. The molecule has 4 rings (SSSR count). The lowest BCUT2D eigenvalue weighted by Crippen LogP contribution is -2.20. The molecule has 8 heteroatoms. The Kier molecular flexibility index (Phi) is 7.92. The number of halogens is 3. The molecule has 170 valence electrons. The van der Waals surface area contributed by atoms with Crippen molar-refractivity contribution >= 4 is 76.7 Å². The number of carbonyl (C=O) groups excluding carboxylic acids is 2. The van der Waals surface area contributed by atoms with E-state index in [4.69, 9.17) is 4.74 Å². The van der Waals surface area contributed by atoms with Crippen molar-refractivity contribution in [3.05, 3.63) is 109 Å². The van der Waals surface area contributed by atoms with Crippen molar-refractivity contribution in [3.8, 4) is 5.75 Å². The van der Waals surface area contributed by atoms with Crippen LogP contribution in [0.2, 0.25) is 0 Å². The summed E-state index contributed by atoms with van der Waals surface area (Å²) in [6.45, 7) is 0. The van der Waals surface area contributed by atoms with Gasteiger partial charge in [-0.3, -0.25) is 4.79 Å². The highest BCUT2D eigenvalue weighted by Gasteiger charge is 2.12. The van der Waals surface area contributed by atoms with Crippen LogP contribution in [0.4, 0.5) is 0 Å². The van der Waals surface area contributed by atoms with Crippen LogP contribution in [0, 0.1) is 0 Å². The minimum Gasteiger partial charge on any atom is -0.422 e. The first kappa shape index (κ1) is 24.3. The van der Waals surface area contributed by atoms with Crippen LogP contribution in [0.25, 0.3) is 10.8 Å². The van der Waals surface area contributed by atoms with Gasteiger partial charge in [0.1, 0.15) is 5.75 Å². The number of hydrogen-bond acceptors (Lipinski definition) is 4. The van der Waals surface area contributed by atoms with Crippen LogP contribution in [-0.2, 0) is 11.2 Å². The molecule has 0 bridgehead atoms. The van der Waals surface area contributed by atoms with Gasteiger partial charge in [0, 0.05) is 19.0 Å². The Morgan fingerprint density at radius 1 is 0.853 bits per heavy atom. The zero-order valence-electron chi connectivity index (χ0n) is 17.6. The second-order valence-corrected chi connectivity index (χ2v) is 9.99. The average molecular weight is 645 g/mol. The molecule has 0 saturated heterocycles. The van der Waals surface area contributed by atoms with Crippen LogP contribution in [-0.4, -0.2) is 18.1 Å². The summed E-state index contributed by atoms with van der Waals surface area (Å²) < 4.78 is 8.18. The van der Waals surface area contributed by atoms with Gasteiger partial charge >= 0.3 is 5.97 Å². The third-order valence-corrected chi connectivity index (χ3v) is 6.67. The number of esters is 1. The number of hydrazone groups is 1. The first-order valence-corrected chi connectivity index (χ1v) is 12.5. The quantitative estimate of drug-likeness (QED) is 0.106. The second kappa shape index (κ2) is 11.1. The third-order valence-electron chi connectivity index (χ3n) is 4.96. The number of nitrogens with one attached hydrogen (secondary N) is 1. The van der Waals surface area contributed by atoms with Crippen LogP contribution in [0.3, 0.4) is 0 Å². The number of ether oxygens (including phenoxy) is 1. The van der Waals surface area contributed by atoms with Gasteiger partial charge in [0.2, 0.25) is 5.91 Å². The Bertz CT molecular complexity index is 1400. The Labute approximate surface area is 221 Å². The van der Waals surface area contributed by atoms with Crippen LogP contribution in [0.15, 0.2) is 97.4 Å². The average Bonchev–Trinajstić information content (AvgIpc) is 2.83. The van der Waals surface area contributed by atoms with E-state index in [1.807, 2.05) is 36.4 Å². The molecule has 0 aliphatic heterocycles. The SMILES string of the molecule is O=C(Cc1ccc(Br)c2ccccc12)N/N=C/c1cc(Br)ccc1OC(=O)c1ccc(Br)cc1. The summed E-state index contributed by atoms with van der Waals surface area (Å²) in [7, 11) is 0. The molecule has 0 spiro atoms. The zero-order chi connectivity index (χ0) is 24.1. The van der Waals surface area contributed by atoms with Crippen LogP contribution < -0.4 is 10.2 Å². The summed E-state index contributed by atoms with van der Waals surface area (Å²) in [5.41, 5.74) is 4.41. The van der Waals surface area contributed by atoms with E-state index < -0.39 is 5.97 Å². The Morgan fingerprint density at radius 2 is 1.56 bits per heavy atom. The minimum absolute atomic E-state index is 0.176. The number of benzene rings is 4. The molecule has 34 heavy (non-hydrogen) atoms. The minimum atomic E-state index is -0.490. The van der Waals surface area contributed by atoms with Crippen molar-refractivity contribution in [1.29, 1.82) is 0 Å². The monoisotopic (exact) mass is 642 g/mol. The molecular formula is C26H17Br3N2O3. The standard InChI is InChI=1S/C26H17Br3N2O3/c27-19-8-5-16(6-9-19)26(33)34-24-12-10-20(28)13-18(24)15-30-31-25(32)14-17-7-11-23(29)22-4-2-1-3-21(17)22/h1-13,15H,14H2,(H,31,32)/b30-15+. The van der Waals surface area contributed by atoms with Crippen LogP contribution in [0.5, 0.6) is 5.75 Å². The van der Waals surface area contributed by atoms with Crippen molar-refractivity contribution in [1.82, 2.24) is 5.43 Å². The van der Waals surface area contributed by atoms with E-state index in [-0.39, 0.29) is 12.3 Å². The molecule has 0 aliphatic rings. The van der Waals surface area contributed by atoms with Gasteiger partial charge in [0.05, 0.1) is 18.2 Å². The summed E-state index contributed by atoms with van der Waals surface area (Å²) in [6.07, 6.45) is 1.63. The summed E-state index contributed by atoms with van der Waals surface area (Å²) in [5.74, 6) is -0.421. The zero-order valence-corrected chi connectivity index (χ0v) is 22.4. The Balaban J connectivity index is 1.46. The van der Waals surface area contributed by atoms with Gasteiger partial charge in [-0.2, -0.15) is 5.10 Å². The Morgan fingerprint density at radius 3 is 2.32 bits per heavy atom. The van der Waals surface area contributed by atoms with Crippen LogP contribution in [0.1, 0.15) is 21.5 Å². The van der Waals surface area contributed by atoms with Gasteiger partial charge in [-0.25, -0.2) is 10.2 Å². The van der Waals surface area contributed by atoms with Gasteiger partial charge in [-0.1, -0.05) is 78.1 Å². The highest BCUT2D eigenvalue weighted by atomic mass is 79.9. The smallest absolute Gasteiger partial charge is 0.343 e. The van der Waals surface area contributed by atoms with E-state index in [2.05, 4.69) is 58.3 Å². The van der Waals surface area contributed by atoms with Crippen LogP contribution >= 0.6 is 47.8 Å². The normalized spacial score (nSPS) is 11.0. The molecule has 1 N–H and O–H groups in total. The molecule has 0 saturated carbocycles. The number of hydrogen-bond donors (Lipinski definition) is 1. The topological polar surface area (TPSA) is 67.8 Å². The fraction of sp³-hybridized carbons (Fsp3) is 0.0385. The summed E-state index contributed by atoms with van der Waals surface area (Å²) in [4.78, 5) is 25.1. The lowest BCUT2D eigenvalue weighted by Gasteiger charge is -2.09. The fourth-order valence-corrected chi connectivity index (χ4v) is 4.44. The molecule has 0 aromatic heterocycles. The van der Waals surface area contributed by atoms with Crippen molar-refractivity contribution in [3.63, 3.8) is 0 Å². The Hall–Kier alpha value is -2.81. The largest absolute Gasteiger partial charge is 0.422 e. The van der Waals surface area contributed by atoms with Gasteiger partial charge < -0.3 is 4.74 Å². The molecule has 0 fully saturated rings. The maximum atomic E-state index is 12.5. The fourth-order valence-electron chi connectivity index (χ4n) is 3.32. The lowest BCUT2D eigenvalue weighted by molar-refractivity contribution is -0.120. The van der Waals surface area contributed by atoms with Gasteiger partial charge in [0.25, 0.3) is 0 Å². The molecule has 0 radical (unpaired) electrons. The number of carbonyl (C=O) groups is 2. The molecule has 0 unspecified atom stereocenters. The van der Waals surface area contributed by atoms with E-state index in [0.29, 0.717) is 16.9 Å². The summed E-state index contributed by atoms with van der Waals surface area (Å²) in [5, 5.41) is 6.13. The van der Waals surface area contributed by atoms with Gasteiger partial charge in [-0.15, -0.1) is 0 Å². The first-order chi connectivity index (χ1) is 16.4. The molecule has 0 atom stereocenters. The molecule has 0 heterocycles. The van der Waals surface area contributed by atoms with Gasteiger partial charge in [0.15, 0.2) is 0 Å². The van der Waals surface area contributed by atoms with Gasteiger partial charge in [-0.05, 0) is 64.9 Å². The second-order valence-electron chi connectivity index (χ2n) is 7.30. The number of nitrogens with zero attached hydrogens (tertiary/aromatic N) is 1. The predicted octanol–water partition coefficient (Wildman–Crippen LogP) is 7.04. The molecule has 4 aromatic rings. The number of amides is 1.